The summed E-state index contributed by atoms with van der Waals surface area (Å²) in [6.45, 7) is 0. The Labute approximate surface area is 101 Å². The molecule has 0 saturated carbocycles. The number of nitrogens with two attached hydrogens (primary N) is 1. The number of fused-ring (bicyclic) bond motifs is 2. The number of primary amides is 1. The monoisotopic (exact) mass is 261 g/mol. The van der Waals surface area contributed by atoms with Crippen molar-refractivity contribution < 1.29 is 13.6 Å². The molecule has 0 spiro atoms. The quantitative estimate of drug-likeness (QED) is 0.568. The van der Waals surface area contributed by atoms with Gasteiger partial charge in [0.2, 0.25) is 0 Å². The van der Waals surface area contributed by atoms with Crippen LogP contribution in [-0.4, -0.2) is 5.91 Å². The van der Waals surface area contributed by atoms with Crippen molar-refractivity contribution in [1.29, 1.82) is 0 Å². The molecule has 0 bridgehead atoms. The van der Waals surface area contributed by atoms with Gasteiger partial charge in [-0.1, -0.05) is 0 Å². The fourth-order valence-electron chi connectivity index (χ4n) is 2.06. The third kappa shape index (κ3) is 1.25. The van der Waals surface area contributed by atoms with Crippen LogP contribution >= 0.6 is 0 Å². The molecule has 0 radical (unpaired) electrons. The highest BCUT2D eigenvalue weighted by atomic mass is 16.4. The Morgan fingerprint density at radius 1 is 0.842 bits per heavy atom. The molecular weight excluding hydrogens is 258 g/mol. The Kier molecular flexibility index (Phi) is 1.90. The van der Waals surface area contributed by atoms with Crippen LogP contribution in [-0.2, 0) is 0 Å². The average molecular weight is 261 g/mol. The second kappa shape index (κ2) is 3.25. The summed E-state index contributed by atoms with van der Waals surface area (Å²) < 4.78 is 8.65. The summed E-state index contributed by atoms with van der Waals surface area (Å²) in [6.07, 6.45) is 0. The minimum atomic E-state index is -1.13. The van der Waals surface area contributed by atoms with E-state index in [1.54, 1.807) is 0 Å². The maximum atomic E-state index is 11.5. The van der Waals surface area contributed by atoms with Gasteiger partial charge in [0, 0.05) is 0 Å². The zero-order valence-corrected chi connectivity index (χ0v) is 9.01. The van der Waals surface area contributed by atoms with Crippen LogP contribution in [0.1, 0.15) is 10.4 Å². The number of benzene rings is 1. The molecule has 2 N–H and O–H groups in total. The molecule has 0 aliphatic heterocycles. The minimum Gasteiger partial charge on any atom is -0.386 e. The molecule has 8 heteroatoms. The lowest BCUT2D eigenvalue weighted by atomic mass is 10.0. The molecule has 0 aliphatic carbocycles. The van der Waals surface area contributed by atoms with Gasteiger partial charge in [0.05, 0.1) is 27.1 Å². The zero-order valence-electron chi connectivity index (χ0n) is 9.01. The Hall–Kier alpha value is -3.03. The molecule has 2 heterocycles. The van der Waals surface area contributed by atoms with Crippen LogP contribution in [0.3, 0.4) is 0 Å². The maximum Gasteiger partial charge on any atom is 0.347 e. The molecule has 8 nitrogen and oxygen atoms in total. The molecule has 0 fully saturated rings. The summed E-state index contributed by atoms with van der Waals surface area (Å²) in [7, 11) is 0. The van der Waals surface area contributed by atoms with Crippen molar-refractivity contribution >= 4 is 27.5 Å². The lowest BCUT2D eigenvalue weighted by Crippen LogP contribution is -2.16. The molecule has 0 aliphatic rings. The molecule has 0 atom stereocenters. The maximum absolute atomic E-state index is 11.5. The van der Waals surface area contributed by atoms with Gasteiger partial charge >= 0.3 is 22.5 Å². The highest BCUT2D eigenvalue weighted by molar-refractivity contribution is 6.17. The third-order valence-electron chi connectivity index (χ3n) is 2.79. The lowest BCUT2D eigenvalue weighted by Gasteiger charge is -1.96. The molecule has 0 unspecified atom stereocenters. The SMILES string of the molecule is NC(=O)c1c2c(=O)oc(=O)c2cc2c(=O)oc(=O)c12. The topological polar surface area (TPSA) is 138 Å². The average Bonchev–Trinajstić information content (AvgIpc) is 2.77. The van der Waals surface area contributed by atoms with Crippen LogP contribution in [0.25, 0.3) is 21.5 Å². The van der Waals surface area contributed by atoms with E-state index < -0.39 is 44.7 Å². The largest absolute Gasteiger partial charge is 0.386 e. The summed E-state index contributed by atoms with van der Waals surface area (Å²) in [6, 6.07) is 0.984. The number of carbonyl (C=O) groups is 1. The Bertz CT molecular complexity index is 982. The Morgan fingerprint density at radius 3 is 1.63 bits per heavy atom. The smallest absolute Gasteiger partial charge is 0.347 e. The fraction of sp³-hybridized carbons (Fsp3) is 0. The molecule has 2 aromatic heterocycles. The van der Waals surface area contributed by atoms with E-state index in [4.69, 9.17) is 5.73 Å². The number of furan rings is 2. The molecule has 3 rings (SSSR count). The van der Waals surface area contributed by atoms with Crippen LogP contribution in [0.4, 0.5) is 0 Å². The second-order valence-corrected chi connectivity index (χ2v) is 3.81. The number of hydrogen-bond acceptors (Lipinski definition) is 7. The second-order valence-electron chi connectivity index (χ2n) is 3.81. The highest BCUT2D eigenvalue weighted by Crippen LogP contribution is 2.20. The number of carbonyl (C=O) groups excluding carboxylic acids is 1. The first kappa shape index (κ1) is 11.1. The van der Waals surface area contributed by atoms with Gasteiger partial charge in [0.15, 0.2) is 0 Å². The first-order chi connectivity index (χ1) is 8.91. The standard InChI is InChI=1S/C11H3NO7/c12-7(13)6-4-2(8(14)18-10(4)16)1-3-5(6)11(17)19-9(3)15/h1H,(H2,12,13). The number of rotatable bonds is 1. The van der Waals surface area contributed by atoms with Crippen molar-refractivity contribution in [2.24, 2.45) is 5.73 Å². The molecular formula is C11H3NO7. The first-order valence-electron chi connectivity index (χ1n) is 4.95. The summed E-state index contributed by atoms with van der Waals surface area (Å²) in [5.41, 5.74) is 0.350. The van der Waals surface area contributed by atoms with Crippen molar-refractivity contribution in [3.05, 3.63) is 53.3 Å². The predicted molar refractivity (Wildman–Crippen MR) is 62.0 cm³/mol. The van der Waals surface area contributed by atoms with E-state index in [0.29, 0.717) is 0 Å². The molecule has 1 aromatic carbocycles. The van der Waals surface area contributed by atoms with Crippen molar-refractivity contribution in [3.8, 4) is 0 Å². The van der Waals surface area contributed by atoms with Gasteiger partial charge in [0.25, 0.3) is 5.91 Å². The fourth-order valence-corrected chi connectivity index (χ4v) is 2.06. The van der Waals surface area contributed by atoms with Crippen molar-refractivity contribution in [3.63, 3.8) is 0 Å². The van der Waals surface area contributed by atoms with Gasteiger partial charge in [-0.3, -0.25) is 4.79 Å². The van der Waals surface area contributed by atoms with Gasteiger partial charge in [-0.15, -0.1) is 0 Å². The molecule has 0 saturated heterocycles. The lowest BCUT2D eigenvalue weighted by molar-refractivity contribution is 0.100. The van der Waals surface area contributed by atoms with Gasteiger partial charge in [-0.25, -0.2) is 19.2 Å². The van der Waals surface area contributed by atoms with E-state index in [2.05, 4.69) is 8.83 Å². The van der Waals surface area contributed by atoms with Crippen LogP contribution in [0.2, 0.25) is 0 Å². The van der Waals surface area contributed by atoms with Gasteiger partial charge in [0.1, 0.15) is 0 Å². The molecule has 1 amide bonds. The van der Waals surface area contributed by atoms with E-state index >= 15 is 0 Å². The summed E-state index contributed by atoms with van der Waals surface area (Å²) >= 11 is 0. The van der Waals surface area contributed by atoms with E-state index in [1.165, 1.54) is 0 Å². The Morgan fingerprint density at radius 2 is 1.26 bits per heavy atom. The normalized spacial score (nSPS) is 11.4. The minimum absolute atomic E-state index is 0.288. The number of hydrogen-bond donors (Lipinski definition) is 1. The van der Waals surface area contributed by atoms with Crippen LogP contribution in [0.15, 0.2) is 34.1 Å². The van der Waals surface area contributed by atoms with Crippen LogP contribution < -0.4 is 28.2 Å². The van der Waals surface area contributed by atoms with E-state index in [0.717, 1.165) is 6.07 Å². The summed E-state index contributed by atoms with van der Waals surface area (Å²) in [5.74, 6) is -1.13. The summed E-state index contributed by atoms with van der Waals surface area (Å²) in [4.78, 5) is 57.2. The molecule has 94 valence electrons. The van der Waals surface area contributed by atoms with E-state index in [1.807, 2.05) is 0 Å². The van der Waals surface area contributed by atoms with Crippen LogP contribution in [0, 0.1) is 0 Å². The van der Waals surface area contributed by atoms with Gasteiger partial charge in [-0.05, 0) is 6.07 Å². The van der Waals surface area contributed by atoms with Crippen molar-refractivity contribution in [2.75, 3.05) is 0 Å². The van der Waals surface area contributed by atoms with Crippen LogP contribution in [0.5, 0.6) is 0 Å². The number of amides is 1. The predicted octanol–water partition coefficient (Wildman–Crippen LogP) is -1.41. The van der Waals surface area contributed by atoms with E-state index in [9.17, 15) is 24.0 Å². The summed E-state index contributed by atoms with van der Waals surface area (Å²) in [5, 5.41) is -1.40. The van der Waals surface area contributed by atoms with Gasteiger partial charge < -0.3 is 14.6 Å². The highest BCUT2D eigenvalue weighted by Gasteiger charge is 2.25. The van der Waals surface area contributed by atoms with Gasteiger partial charge in [-0.2, -0.15) is 0 Å². The third-order valence-corrected chi connectivity index (χ3v) is 2.79. The van der Waals surface area contributed by atoms with Crippen molar-refractivity contribution in [1.82, 2.24) is 0 Å². The molecule has 3 aromatic rings. The van der Waals surface area contributed by atoms with Crippen molar-refractivity contribution in [2.45, 2.75) is 0 Å². The molecule has 19 heavy (non-hydrogen) atoms. The Balaban J connectivity index is 2.88. The zero-order chi connectivity index (χ0) is 13.9. The first-order valence-corrected chi connectivity index (χ1v) is 4.95. The van der Waals surface area contributed by atoms with E-state index in [-0.39, 0.29) is 10.8 Å².